The number of halogens is 1. The predicted octanol–water partition coefficient (Wildman–Crippen LogP) is 6.15. The molecule has 2 aromatic rings. The van der Waals surface area contributed by atoms with Gasteiger partial charge in [-0.05, 0) is 66.0 Å². The number of benzene rings is 2. The minimum absolute atomic E-state index is 0.130. The molecule has 0 N–H and O–H groups in total. The van der Waals surface area contributed by atoms with Crippen molar-refractivity contribution in [3.8, 4) is 0 Å². The van der Waals surface area contributed by atoms with E-state index in [1.165, 1.54) is 16.0 Å². The van der Waals surface area contributed by atoms with Gasteiger partial charge < -0.3 is 0 Å². The minimum atomic E-state index is -0.174. The van der Waals surface area contributed by atoms with Crippen LogP contribution in [0.15, 0.2) is 54.6 Å². The molecule has 4 heteroatoms. The first kappa shape index (κ1) is 21.3. The fourth-order valence-corrected chi connectivity index (χ4v) is 5.12. The summed E-state index contributed by atoms with van der Waals surface area (Å²) >= 11 is 6.13. The Labute approximate surface area is 178 Å². The Morgan fingerprint density at radius 2 is 1.83 bits per heavy atom. The second-order valence-electron chi connectivity index (χ2n) is 7.68. The molecule has 0 spiro atoms. The van der Waals surface area contributed by atoms with Crippen LogP contribution < -0.4 is 4.90 Å². The van der Waals surface area contributed by atoms with Gasteiger partial charge in [-0.25, -0.2) is 0 Å². The standard InChI is InChI=1S/C23H22ClNO2.C2H6/c1-14-8-18(24)12-19(9-14)25(13-26)23(27)22-15(2)20-10-17(22)11-21(20)16-6-4-3-5-7-16;1-2/h3-9,11-13,15,17,20,22H,10H2,1-2H3;1-2H3. The van der Waals surface area contributed by atoms with Gasteiger partial charge in [-0.3, -0.25) is 14.5 Å². The number of carbonyl (C=O) groups is 2. The van der Waals surface area contributed by atoms with Crippen molar-refractivity contribution >= 4 is 35.2 Å². The molecule has 3 nitrogen and oxygen atoms in total. The lowest BCUT2D eigenvalue weighted by molar-refractivity contribution is -0.126. The number of hydrogen-bond acceptors (Lipinski definition) is 2. The average Bonchev–Trinajstić information content (AvgIpc) is 3.28. The highest BCUT2D eigenvalue weighted by atomic mass is 35.5. The van der Waals surface area contributed by atoms with Crippen LogP contribution in [0.4, 0.5) is 5.69 Å². The van der Waals surface area contributed by atoms with E-state index < -0.39 is 0 Å². The Hall–Kier alpha value is -2.39. The summed E-state index contributed by atoms with van der Waals surface area (Å²) in [6, 6.07) is 15.7. The van der Waals surface area contributed by atoms with Crippen LogP contribution in [0, 0.1) is 30.6 Å². The van der Waals surface area contributed by atoms with Crippen molar-refractivity contribution in [1.29, 1.82) is 0 Å². The van der Waals surface area contributed by atoms with Gasteiger partial charge in [-0.1, -0.05) is 68.8 Å². The summed E-state index contributed by atoms with van der Waals surface area (Å²) < 4.78 is 0. The van der Waals surface area contributed by atoms with Gasteiger partial charge >= 0.3 is 0 Å². The van der Waals surface area contributed by atoms with Gasteiger partial charge in [0.1, 0.15) is 0 Å². The molecule has 1 saturated carbocycles. The van der Waals surface area contributed by atoms with Crippen molar-refractivity contribution in [3.05, 3.63) is 70.8 Å². The summed E-state index contributed by atoms with van der Waals surface area (Å²) in [4.78, 5) is 26.3. The maximum Gasteiger partial charge on any atom is 0.237 e. The number of anilines is 1. The molecule has 4 rings (SSSR count). The topological polar surface area (TPSA) is 37.4 Å². The van der Waals surface area contributed by atoms with Crippen LogP contribution in [0.5, 0.6) is 0 Å². The van der Waals surface area contributed by atoms with E-state index in [0.29, 0.717) is 23.0 Å². The van der Waals surface area contributed by atoms with Crippen LogP contribution >= 0.6 is 11.6 Å². The minimum Gasteiger partial charge on any atom is -0.278 e. The van der Waals surface area contributed by atoms with E-state index in [9.17, 15) is 9.59 Å². The van der Waals surface area contributed by atoms with Crippen molar-refractivity contribution in [2.45, 2.75) is 34.1 Å². The highest BCUT2D eigenvalue weighted by Gasteiger charge is 2.50. The van der Waals surface area contributed by atoms with Gasteiger partial charge in [0.2, 0.25) is 12.3 Å². The summed E-state index contributed by atoms with van der Waals surface area (Å²) in [5.74, 6) is 0.434. The van der Waals surface area contributed by atoms with Crippen LogP contribution in [0.1, 0.15) is 38.3 Å². The van der Waals surface area contributed by atoms with E-state index in [2.05, 4.69) is 25.1 Å². The number of aryl methyl sites for hydroxylation is 1. The number of hydrogen-bond donors (Lipinski definition) is 0. The number of carbonyl (C=O) groups excluding carboxylic acids is 2. The Morgan fingerprint density at radius 3 is 2.41 bits per heavy atom. The van der Waals surface area contributed by atoms with Gasteiger partial charge in [0, 0.05) is 10.9 Å². The van der Waals surface area contributed by atoms with Gasteiger partial charge in [-0.15, -0.1) is 0 Å². The van der Waals surface area contributed by atoms with Crippen LogP contribution in [-0.4, -0.2) is 12.3 Å². The van der Waals surface area contributed by atoms with Crippen LogP contribution in [0.2, 0.25) is 5.02 Å². The number of fused-ring (bicyclic) bond motifs is 2. The first-order valence-corrected chi connectivity index (χ1v) is 10.7. The zero-order valence-electron chi connectivity index (χ0n) is 17.4. The van der Waals surface area contributed by atoms with Crippen LogP contribution in [-0.2, 0) is 9.59 Å². The third kappa shape index (κ3) is 4.02. The normalized spacial score (nSPS) is 24.4. The van der Waals surface area contributed by atoms with E-state index >= 15 is 0 Å². The summed E-state index contributed by atoms with van der Waals surface area (Å²) in [7, 11) is 0. The van der Waals surface area contributed by atoms with E-state index in [-0.39, 0.29) is 23.7 Å². The monoisotopic (exact) mass is 409 g/mol. The summed E-state index contributed by atoms with van der Waals surface area (Å²) in [6.45, 7) is 8.03. The fraction of sp³-hybridized carbons (Fsp3) is 0.360. The number of amides is 2. The molecule has 2 aliphatic carbocycles. The average molecular weight is 410 g/mol. The second-order valence-corrected chi connectivity index (χ2v) is 8.12. The highest BCUT2D eigenvalue weighted by molar-refractivity contribution is 6.31. The largest absolute Gasteiger partial charge is 0.278 e. The lowest BCUT2D eigenvalue weighted by Crippen LogP contribution is -2.40. The predicted molar refractivity (Wildman–Crippen MR) is 120 cm³/mol. The van der Waals surface area contributed by atoms with E-state index in [4.69, 9.17) is 11.6 Å². The van der Waals surface area contributed by atoms with Gasteiger partial charge in [0.25, 0.3) is 0 Å². The molecular weight excluding hydrogens is 382 g/mol. The van der Waals surface area contributed by atoms with E-state index in [0.717, 1.165) is 12.0 Å². The molecule has 2 aliphatic rings. The summed E-state index contributed by atoms with van der Waals surface area (Å²) in [5.41, 5.74) is 4.04. The lowest BCUT2D eigenvalue weighted by Gasteiger charge is -2.30. The Morgan fingerprint density at radius 1 is 1.14 bits per heavy atom. The molecule has 2 aromatic carbocycles. The summed E-state index contributed by atoms with van der Waals surface area (Å²) in [6.07, 6.45) is 3.84. The molecular formula is C25H28ClNO2. The number of imide groups is 1. The number of allylic oxidation sites excluding steroid dienone is 2. The highest BCUT2D eigenvalue weighted by Crippen LogP contribution is 2.55. The fourth-order valence-electron chi connectivity index (χ4n) is 4.84. The smallest absolute Gasteiger partial charge is 0.237 e. The van der Waals surface area contributed by atoms with Gasteiger partial charge in [0.15, 0.2) is 0 Å². The molecule has 2 amide bonds. The van der Waals surface area contributed by atoms with Crippen LogP contribution in [0.3, 0.4) is 0 Å². The van der Waals surface area contributed by atoms with Crippen molar-refractivity contribution in [2.75, 3.05) is 4.90 Å². The first-order valence-electron chi connectivity index (χ1n) is 10.3. The number of nitrogens with zero attached hydrogens (tertiary/aromatic N) is 1. The molecule has 0 aliphatic heterocycles. The second kappa shape index (κ2) is 8.96. The number of rotatable bonds is 4. The van der Waals surface area contributed by atoms with Crippen LogP contribution in [0.25, 0.3) is 5.57 Å². The SMILES string of the molecule is CC.Cc1cc(Cl)cc(N(C=O)C(=O)C2C3C=C(c4ccccc4)C(C3)C2C)c1. The zero-order chi connectivity index (χ0) is 21.1. The molecule has 2 bridgehead atoms. The van der Waals surface area contributed by atoms with Crippen molar-refractivity contribution in [1.82, 2.24) is 0 Å². The molecule has 29 heavy (non-hydrogen) atoms. The molecule has 1 fully saturated rings. The third-order valence-corrected chi connectivity index (χ3v) is 6.24. The Bertz CT molecular complexity index is 901. The molecule has 0 aromatic heterocycles. The third-order valence-electron chi connectivity index (χ3n) is 6.02. The molecule has 0 saturated heterocycles. The molecule has 0 heterocycles. The van der Waals surface area contributed by atoms with Crippen molar-refractivity contribution in [3.63, 3.8) is 0 Å². The Kier molecular flexibility index (Phi) is 6.59. The maximum atomic E-state index is 13.3. The maximum absolute atomic E-state index is 13.3. The molecule has 4 unspecified atom stereocenters. The molecule has 152 valence electrons. The zero-order valence-corrected chi connectivity index (χ0v) is 18.2. The molecule has 0 radical (unpaired) electrons. The Balaban J connectivity index is 0.00000117. The first-order chi connectivity index (χ1) is 14.0. The van der Waals surface area contributed by atoms with Crippen molar-refractivity contribution in [2.24, 2.45) is 23.7 Å². The van der Waals surface area contributed by atoms with Gasteiger partial charge in [-0.2, -0.15) is 0 Å². The molecule has 4 atom stereocenters. The van der Waals surface area contributed by atoms with Gasteiger partial charge in [0.05, 0.1) is 5.69 Å². The lowest BCUT2D eigenvalue weighted by atomic mass is 9.78. The van der Waals surface area contributed by atoms with Crippen molar-refractivity contribution < 1.29 is 9.59 Å². The summed E-state index contributed by atoms with van der Waals surface area (Å²) in [5, 5.41) is 0.525. The van der Waals surface area contributed by atoms with E-state index in [1.54, 1.807) is 6.07 Å². The quantitative estimate of drug-likeness (QED) is 0.568. The van der Waals surface area contributed by atoms with E-state index in [1.807, 2.05) is 51.1 Å².